The average Bonchev–Trinajstić information content (AvgIpc) is 2.86. The molecule has 0 radical (unpaired) electrons. The number of esters is 1. The number of carbonyl (C=O) groups excluding carboxylic acids is 2. The Kier molecular flexibility index (Phi) is 4.02. The van der Waals surface area contributed by atoms with Crippen LogP contribution in [0.4, 0.5) is 5.69 Å². The molecule has 4 nitrogen and oxygen atoms in total. The molecule has 0 heterocycles. The van der Waals surface area contributed by atoms with Crippen molar-refractivity contribution in [3.05, 3.63) is 41.6 Å². The number of Topliss-reactive ketones (excluding diaryl/α,β-unsaturated/α-hetero) is 1. The van der Waals surface area contributed by atoms with Crippen LogP contribution >= 0.6 is 0 Å². The summed E-state index contributed by atoms with van der Waals surface area (Å²) in [4.78, 5) is 24.4. The van der Waals surface area contributed by atoms with E-state index in [4.69, 9.17) is 4.74 Å². The second-order valence-electron chi connectivity index (χ2n) is 7.52. The lowest BCUT2D eigenvalue weighted by Crippen LogP contribution is -2.32. The van der Waals surface area contributed by atoms with E-state index in [2.05, 4.69) is 26.1 Å². The first-order valence-electron chi connectivity index (χ1n) is 8.60. The number of hydrogen-bond donors (Lipinski definition) is 1. The van der Waals surface area contributed by atoms with Gasteiger partial charge in [-0.15, -0.1) is 0 Å². The minimum absolute atomic E-state index is 0.0192. The van der Waals surface area contributed by atoms with Crippen LogP contribution in [0.1, 0.15) is 50.9 Å². The molecule has 128 valence electrons. The molecule has 1 N–H and O–H groups in total. The summed E-state index contributed by atoms with van der Waals surface area (Å²) >= 11 is 0. The van der Waals surface area contributed by atoms with Crippen LogP contribution in [0.5, 0.6) is 0 Å². The van der Waals surface area contributed by atoms with E-state index in [1.807, 2.05) is 18.3 Å². The van der Waals surface area contributed by atoms with Gasteiger partial charge in [-0.05, 0) is 55.4 Å². The number of ketones is 1. The number of ether oxygens (including phenoxy) is 1. The van der Waals surface area contributed by atoms with Gasteiger partial charge in [0.15, 0.2) is 5.78 Å². The number of hydrogen-bond acceptors (Lipinski definition) is 4. The van der Waals surface area contributed by atoms with Crippen molar-refractivity contribution in [1.29, 1.82) is 0 Å². The normalized spacial score (nSPS) is 29.1. The zero-order valence-electron chi connectivity index (χ0n) is 14.8. The zero-order valence-corrected chi connectivity index (χ0v) is 14.8. The first-order valence-corrected chi connectivity index (χ1v) is 8.60. The van der Waals surface area contributed by atoms with Crippen LogP contribution in [0.15, 0.2) is 36.0 Å². The Morgan fingerprint density at radius 1 is 1.29 bits per heavy atom. The standard InChI is InChI=1S/C20H25NO3/c1-5-24-18(23)13-6-8-14(9-7-13)21-12-15-16-10-11-20(4,17(15)22)19(16,2)3/h6-9,12,16,21H,5,10-11H2,1-4H3/t16-,20-/m0/s1. The molecule has 2 aliphatic rings. The number of rotatable bonds is 4. The number of nitrogens with one attached hydrogen (secondary N) is 1. The smallest absolute Gasteiger partial charge is 0.338 e. The van der Waals surface area contributed by atoms with Crippen LogP contribution in [0.25, 0.3) is 0 Å². The number of benzene rings is 1. The molecule has 0 aliphatic heterocycles. The SMILES string of the molecule is CCOC(=O)c1ccc(NC=C2C(=O)[C@]3(C)CC[C@@H]2C3(C)C)cc1. The molecule has 1 aromatic rings. The zero-order chi connectivity index (χ0) is 17.5. The first-order chi connectivity index (χ1) is 11.3. The molecule has 2 fully saturated rings. The maximum Gasteiger partial charge on any atom is 0.338 e. The van der Waals surface area contributed by atoms with Gasteiger partial charge in [0.2, 0.25) is 0 Å². The van der Waals surface area contributed by atoms with E-state index >= 15 is 0 Å². The molecule has 1 aromatic carbocycles. The summed E-state index contributed by atoms with van der Waals surface area (Å²) in [6.45, 7) is 8.66. The monoisotopic (exact) mass is 327 g/mol. The summed E-state index contributed by atoms with van der Waals surface area (Å²) in [5, 5.41) is 3.22. The highest BCUT2D eigenvalue weighted by molar-refractivity contribution is 6.04. The minimum atomic E-state index is -0.319. The molecule has 2 saturated carbocycles. The Labute approximate surface area is 143 Å². The molecule has 2 bridgehead atoms. The van der Waals surface area contributed by atoms with E-state index in [9.17, 15) is 9.59 Å². The van der Waals surface area contributed by atoms with Crippen LogP contribution in [-0.2, 0) is 9.53 Å². The number of anilines is 1. The van der Waals surface area contributed by atoms with Crippen molar-refractivity contribution in [1.82, 2.24) is 0 Å². The van der Waals surface area contributed by atoms with Gasteiger partial charge in [0, 0.05) is 22.9 Å². The Bertz CT molecular complexity index is 702. The molecule has 2 aliphatic carbocycles. The third-order valence-corrected chi connectivity index (χ3v) is 6.16. The number of allylic oxidation sites excluding steroid dienone is 1. The lowest BCUT2D eigenvalue weighted by molar-refractivity contribution is -0.125. The van der Waals surface area contributed by atoms with Gasteiger partial charge in [-0.1, -0.05) is 20.8 Å². The molecule has 4 heteroatoms. The van der Waals surface area contributed by atoms with Crippen molar-refractivity contribution < 1.29 is 14.3 Å². The molecule has 3 rings (SSSR count). The van der Waals surface area contributed by atoms with E-state index in [1.54, 1.807) is 19.1 Å². The van der Waals surface area contributed by atoms with Crippen molar-refractivity contribution in [2.75, 3.05) is 11.9 Å². The summed E-state index contributed by atoms with van der Waals surface area (Å²) in [5.74, 6) is 0.279. The second kappa shape index (κ2) is 5.76. The summed E-state index contributed by atoms with van der Waals surface area (Å²) in [5.41, 5.74) is 2.07. The van der Waals surface area contributed by atoms with Crippen LogP contribution in [-0.4, -0.2) is 18.4 Å². The Hall–Kier alpha value is -2.10. The van der Waals surface area contributed by atoms with Gasteiger partial charge in [-0.2, -0.15) is 0 Å². The fourth-order valence-electron chi connectivity index (χ4n) is 4.17. The van der Waals surface area contributed by atoms with Gasteiger partial charge < -0.3 is 10.1 Å². The lowest BCUT2D eigenvalue weighted by Gasteiger charge is -2.31. The molecule has 2 atom stereocenters. The second-order valence-corrected chi connectivity index (χ2v) is 7.52. The predicted octanol–water partition coefficient (Wildman–Crippen LogP) is 4.18. The average molecular weight is 327 g/mol. The van der Waals surface area contributed by atoms with Crippen LogP contribution in [0, 0.1) is 16.7 Å². The van der Waals surface area contributed by atoms with E-state index in [0.29, 0.717) is 18.1 Å². The number of fused-ring (bicyclic) bond motifs is 2. The maximum absolute atomic E-state index is 12.8. The van der Waals surface area contributed by atoms with E-state index < -0.39 is 0 Å². The van der Waals surface area contributed by atoms with Crippen molar-refractivity contribution in [3.63, 3.8) is 0 Å². The van der Waals surface area contributed by atoms with Gasteiger partial charge in [-0.25, -0.2) is 4.79 Å². The Morgan fingerprint density at radius 3 is 2.50 bits per heavy atom. The van der Waals surface area contributed by atoms with Gasteiger partial charge in [0.05, 0.1) is 12.2 Å². The summed E-state index contributed by atoms with van der Waals surface area (Å²) in [7, 11) is 0. The largest absolute Gasteiger partial charge is 0.462 e. The summed E-state index contributed by atoms with van der Waals surface area (Å²) < 4.78 is 4.97. The van der Waals surface area contributed by atoms with Gasteiger partial charge in [0.1, 0.15) is 0 Å². The molecule has 24 heavy (non-hydrogen) atoms. The lowest BCUT2D eigenvalue weighted by atomic mass is 9.70. The van der Waals surface area contributed by atoms with Gasteiger partial charge in [0.25, 0.3) is 0 Å². The van der Waals surface area contributed by atoms with E-state index in [0.717, 1.165) is 24.1 Å². The van der Waals surface area contributed by atoms with Crippen molar-refractivity contribution in [2.24, 2.45) is 16.7 Å². The van der Waals surface area contributed by atoms with Gasteiger partial charge in [-0.3, -0.25) is 4.79 Å². The van der Waals surface area contributed by atoms with Crippen molar-refractivity contribution in [3.8, 4) is 0 Å². The molecule has 0 amide bonds. The molecule has 0 aromatic heterocycles. The highest BCUT2D eigenvalue weighted by Crippen LogP contribution is 2.65. The topological polar surface area (TPSA) is 55.4 Å². The van der Waals surface area contributed by atoms with Crippen LogP contribution < -0.4 is 5.32 Å². The van der Waals surface area contributed by atoms with E-state index in [1.165, 1.54) is 0 Å². The molecule has 0 unspecified atom stereocenters. The molecule has 0 spiro atoms. The fourth-order valence-corrected chi connectivity index (χ4v) is 4.17. The fraction of sp³-hybridized carbons (Fsp3) is 0.500. The van der Waals surface area contributed by atoms with E-state index in [-0.39, 0.29) is 22.6 Å². The van der Waals surface area contributed by atoms with Crippen LogP contribution in [0.2, 0.25) is 0 Å². The van der Waals surface area contributed by atoms with Crippen molar-refractivity contribution >= 4 is 17.4 Å². The van der Waals surface area contributed by atoms with Crippen LogP contribution in [0.3, 0.4) is 0 Å². The Balaban J connectivity index is 1.75. The predicted molar refractivity (Wildman–Crippen MR) is 93.7 cm³/mol. The maximum atomic E-state index is 12.8. The third-order valence-electron chi connectivity index (χ3n) is 6.16. The summed E-state index contributed by atoms with van der Waals surface area (Å²) in [6, 6.07) is 7.11. The Morgan fingerprint density at radius 2 is 1.96 bits per heavy atom. The molecular formula is C20H25NO3. The number of carbonyl (C=O) groups is 2. The molecule has 0 saturated heterocycles. The third kappa shape index (κ3) is 2.36. The molecular weight excluding hydrogens is 302 g/mol. The van der Waals surface area contributed by atoms with Crippen molar-refractivity contribution in [2.45, 2.75) is 40.5 Å². The quantitative estimate of drug-likeness (QED) is 0.665. The minimum Gasteiger partial charge on any atom is -0.462 e. The summed E-state index contributed by atoms with van der Waals surface area (Å²) in [6.07, 6.45) is 3.91. The highest BCUT2D eigenvalue weighted by Gasteiger charge is 2.63. The van der Waals surface area contributed by atoms with Gasteiger partial charge >= 0.3 is 5.97 Å². The first kappa shape index (κ1) is 16.7. The highest BCUT2D eigenvalue weighted by atomic mass is 16.5.